The number of benzene rings is 2. The van der Waals surface area contributed by atoms with Crippen LogP contribution in [0.25, 0.3) is 11.3 Å². The molecule has 6 nitrogen and oxygen atoms in total. The van der Waals surface area contributed by atoms with Crippen LogP contribution in [0.1, 0.15) is 35.3 Å². The summed E-state index contributed by atoms with van der Waals surface area (Å²) in [5.41, 5.74) is 5.69. The van der Waals surface area contributed by atoms with Crippen LogP contribution in [0.5, 0.6) is 0 Å². The third kappa shape index (κ3) is 5.05. The summed E-state index contributed by atoms with van der Waals surface area (Å²) in [7, 11) is 0. The molecule has 0 radical (unpaired) electrons. The first-order valence-corrected chi connectivity index (χ1v) is 10.7. The topological polar surface area (TPSA) is 69.0 Å². The molecule has 1 aromatic heterocycles. The number of hydrogen-bond acceptors (Lipinski definition) is 5. The van der Waals surface area contributed by atoms with Crippen LogP contribution in [0, 0.1) is 0 Å². The summed E-state index contributed by atoms with van der Waals surface area (Å²) in [6.45, 7) is 8.35. The number of carbonyl (C=O) groups excluding carboxylic acids is 1. The third-order valence-electron chi connectivity index (χ3n) is 6.03. The van der Waals surface area contributed by atoms with Crippen molar-refractivity contribution >= 4 is 5.91 Å². The number of furan rings is 1. The molecule has 0 saturated carbocycles. The van der Waals surface area contributed by atoms with Crippen molar-refractivity contribution in [3.63, 3.8) is 0 Å². The van der Waals surface area contributed by atoms with E-state index in [1.165, 1.54) is 5.56 Å². The Balaban J connectivity index is 1.35. The van der Waals surface area contributed by atoms with Crippen LogP contribution in [-0.2, 0) is 13.1 Å². The molecule has 1 saturated heterocycles. The number of hydrogen-bond donors (Lipinski definition) is 2. The van der Waals surface area contributed by atoms with E-state index in [2.05, 4.69) is 47.9 Å². The predicted molar refractivity (Wildman–Crippen MR) is 120 cm³/mol. The molecule has 4 rings (SSSR count). The molecule has 0 unspecified atom stereocenters. The van der Waals surface area contributed by atoms with E-state index in [9.17, 15) is 4.79 Å². The molecule has 0 aliphatic carbocycles. The standard InChI is InChI=1S/C25H29N3O3/c1-18-14-27(16-20-5-9-22(10-6-20)24-4-3-13-31-24)15-19(2)28(18)17-21-7-11-23(12-8-21)25(29)26-30/h3-13,18-19,30H,14-17H2,1-2H3,(H,26,29)/t18-,19+. The van der Waals surface area contributed by atoms with Crippen molar-refractivity contribution in [2.45, 2.75) is 39.0 Å². The Morgan fingerprint density at radius 2 is 1.58 bits per heavy atom. The maximum atomic E-state index is 11.5. The van der Waals surface area contributed by atoms with E-state index in [1.54, 1.807) is 23.9 Å². The number of nitrogens with zero attached hydrogens (tertiary/aromatic N) is 2. The van der Waals surface area contributed by atoms with E-state index in [0.717, 1.165) is 43.1 Å². The second-order valence-electron chi connectivity index (χ2n) is 8.38. The van der Waals surface area contributed by atoms with Gasteiger partial charge in [0.1, 0.15) is 5.76 Å². The molecule has 31 heavy (non-hydrogen) atoms. The highest BCUT2D eigenvalue weighted by molar-refractivity contribution is 5.93. The quantitative estimate of drug-likeness (QED) is 0.464. The minimum atomic E-state index is -0.487. The predicted octanol–water partition coefficient (Wildman–Crippen LogP) is 4.16. The highest BCUT2D eigenvalue weighted by atomic mass is 16.5. The molecule has 1 fully saturated rings. The Morgan fingerprint density at radius 3 is 2.16 bits per heavy atom. The normalized spacial score (nSPS) is 20.0. The average Bonchev–Trinajstić information content (AvgIpc) is 3.32. The Bertz CT molecular complexity index is 972. The number of nitrogens with one attached hydrogen (secondary N) is 1. The van der Waals surface area contributed by atoms with Gasteiger partial charge in [-0.3, -0.25) is 19.8 Å². The van der Waals surface area contributed by atoms with Gasteiger partial charge in [0, 0.05) is 49.4 Å². The van der Waals surface area contributed by atoms with Gasteiger partial charge < -0.3 is 4.42 Å². The summed E-state index contributed by atoms with van der Waals surface area (Å²) >= 11 is 0. The summed E-state index contributed by atoms with van der Waals surface area (Å²) < 4.78 is 5.48. The largest absolute Gasteiger partial charge is 0.464 e. The smallest absolute Gasteiger partial charge is 0.274 e. The van der Waals surface area contributed by atoms with Crippen LogP contribution < -0.4 is 5.48 Å². The molecular weight excluding hydrogens is 390 g/mol. The molecule has 1 aliphatic heterocycles. The van der Waals surface area contributed by atoms with Gasteiger partial charge in [-0.2, -0.15) is 0 Å². The van der Waals surface area contributed by atoms with Crippen molar-refractivity contribution in [2.24, 2.45) is 0 Å². The first-order valence-electron chi connectivity index (χ1n) is 10.7. The van der Waals surface area contributed by atoms with Crippen molar-refractivity contribution in [3.05, 3.63) is 83.6 Å². The minimum absolute atomic E-state index is 0.423. The van der Waals surface area contributed by atoms with E-state index in [-0.39, 0.29) is 0 Å². The summed E-state index contributed by atoms with van der Waals surface area (Å²) in [4.78, 5) is 16.5. The van der Waals surface area contributed by atoms with Crippen LogP contribution in [0.15, 0.2) is 71.3 Å². The number of amides is 1. The third-order valence-corrected chi connectivity index (χ3v) is 6.03. The number of piperazine rings is 1. The highest BCUT2D eigenvalue weighted by Crippen LogP contribution is 2.23. The molecule has 1 aliphatic rings. The van der Waals surface area contributed by atoms with Crippen molar-refractivity contribution in [1.82, 2.24) is 15.3 Å². The summed E-state index contributed by atoms with van der Waals surface area (Å²) in [6, 6.07) is 20.8. The van der Waals surface area contributed by atoms with Crippen molar-refractivity contribution in [3.8, 4) is 11.3 Å². The number of carbonyl (C=O) groups is 1. The molecule has 2 heterocycles. The molecule has 0 spiro atoms. The van der Waals surface area contributed by atoms with Gasteiger partial charge in [0.15, 0.2) is 0 Å². The maximum Gasteiger partial charge on any atom is 0.274 e. The molecule has 2 atom stereocenters. The molecule has 0 bridgehead atoms. The van der Waals surface area contributed by atoms with E-state index in [4.69, 9.17) is 9.62 Å². The fourth-order valence-electron chi connectivity index (χ4n) is 4.42. The molecule has 2 aromatic carbocycles. The Labute approximate surface area is 183 Å². The molecule has 3 aromatic rings. The number of hydroxylamine groups is 1. The van der Waals surface area contributed by atoms with E-state index < -0.39 is 5.91 Å². The van der Waals surface area contributed by atoms with E-state index in [0.29, 0.717) is 17.6 Å². The van der Waals surface area contributed by atoms with Gasteiger partial charge in [-0.05, 0) is 49.2 Å². The first kappa shape index (κ1) is 21.3. The molecule has 6 heteroatoms. The van der Waals surface area contributed by atoms with Crippen molar-refractivity contribution < 1.29 is 14.4 Å². The van der Waals surface area contributed by atoms with Crippen LogP contribution in [0.2, 0.25) is 0 Å². The van der Waals surface area contributed by atoms with Gasteiger partial charge in [-0.25, -0.2) is 5.48 Å². The molecular formula is C25H29N3O3. The zero-order chi connectivity index (χ0) is 21.8. The van der Waals surface area contributed by atoms with Crippen LogP contribution in [-0.4, -0.2) is 46.1 Å². The van der Waals surface area contributed by atoms with Crippen molar-refractivity contribution in [2.75, 3.05) is 13.1 Å². The number of rotatable bonds is 6. The van der Waals surface area contributed by atoms with Crippen LogP contribution in [0.4, 0.5) is 0 Å². The first-order chi connectivity index (χ1) is 15.0. The van der Waals surface area contributed by atoms with Crippen molar-refractivity contribution in [1.29, 1.82) is 0 Å². The maximum absolute atomic E-state index is 11.5. The average molecular weight is 420 g/mol. The fourth-order valence-corrected chi connectivity index (χ4v) is 4.42. The lowest BCUT2D eigenvalue weighted by atomic mass is 10.0. The van der Waals surface area contributed by atoms with E-state index >= 15 is 0 Å². The Hall–Kier alpha value is -2.93. The molecule has 1 amide bonds. The molecule has 2 N–H and O–H groups in total. The highest BCUT2D eigenvalue weighted by Gasteiger charge is 2.29. The van der Waals surface area contributed by atoms with Gasteiger partial charge in [-0.1, -0.05) is 36.4 Å². The fraction of sp³-hybridized carbons (Fsp3) is 0.320. The van der Waals surface area contributed by atoms with Gasteiger partial charge in [0.05, 0.1) is 6.26 Å². The Kier molecular flexibility index (Phi) is 6.51. The van der Waals surface area contributed by atoms with Gasteiger partial charge >= 0.3 is 0 Å². The van der Waals surface area contributed by atoms with Gasteiger partial charge in [-0.15, -0.1) is 0 Å². The van der Waals surface area contributed by atoms with E-state index in [1.807, 2.05) is 24.3 Å². The summed E-state index contributed by atoms with van der Waals surface area (Å²) in [6.07, 6.45) is 1.70. The minimum Gasteiger partial charge on any atom is -0.464 e. The molecule has 162 valence electrons. The van der Waals surface area contributed by atoms with Crippen LogP contribution in [0.3, 0.4) is 0 Å². The van der Waals surface area contributed by atoms with Gasteiger partial charge in [0.2, 0.25) is 0 Å². The second-order valence-corrected chi connectivity index (χ2v) is 8.38. The van der Waals surface area contributed by atoms with Crippen LogP contribution >= 0.6 is 0 Å². The Morgan fingerprint density at radius 1 is 0.968 bits per heavy atom. The summed E-state index contributed by atoms with van der Waals surface area (Å²) in [5.74, 6) is 0.409. The monoisotopic (exact) mass is 419 g/mol. The zero-order valence-corrected chi connectivity index (χ0v) is 18.0. The SMILES string of the molecule is C[C@@H]1CN(Cc2ccc(-c3ccco3)cc2)C[C@H](C)N1Cc1ccc(C(=O)NO)cc1. The lowest BCUT2D eigenvalue weighted by molar-refractivity contribution is 0.0290. The van der Waals surface area contributed by atoms with Gasteiger partial charge in [0.25, 0.3) is 5.91 Å². The summed E-state index contributed by atoms with van der Waals surface area (Å²) in [5, 5.41) is 8.76. The lowest BCUT2D eigenvalue weighted by Crippen LogP contribution is -2.55. The zero-order valence-electron chi connectivity index (χ0n) is 18.0. The second kappa shape index (κ2) is 9.47. The lowest BCUT2D eigenvalue weighted by Gasteiger charge is -2.44.